The van der Waals surface area contributed by atoms with E-state index in [4.69, 9.17) is 5.21 Å². The zero-order valence-electron chi connectivity index (χ0n) is 12.7. The molecule has 4 nitrogen and oxygen atoms in total. The number of rotatable bonds is 4. The van der Waals surface area contributed by atoms with Crippen LogP contribution in [-0.4, -0.2) is 21.3 Å². The first-order valence-corrected chi connectivity index (χ1v) is 7.28. The Labute approximate surface area is 129 Å². The van der Waals surface area contributed by atoms with Crippen molar-refractivity contribution in [3.8, 4) is 11.3 Å². The molecular weight excluding hydrogens is 274 g/mol. The summed E-state index contributed by atoms with van der Waals surface area (Å²) in [5.41, 5.74) is 8.02. The van der Waals surface area contributed by atoms with Crippen molar-refractivity contribution >= 4 is 17.1 Å². The zero-order chi connectivity index (χ0) is 15.5. The number of nitrogens with one attached hydrogen (secondary N) is 1. The van der Waals surface area contributed by atoms with Crippen molar-refractivity contribution in [2.24, 2.45) is 0 Å². The molecule has 2 N–H and O–H groups in total. The summed E-state index contributed by atoms with van der Waals surface area (Å²) in [7, 11) is 0. The first kappa shape index (κ1) is 14.5. The molecule has 0 atom stereocenters. The van der Waals surface area contributed by atoms with E-state index < -0.39 is 0 Å². The maximum Gasteiger partial charge on any atom is 0.0579 e. The van der Waals surface area contributed by atoms with Gasteiger partial charge in [0, 0.05) is 36.1 Å². The van der Waals surface area contributed by atoms with Crippen molar-refractivity contribution in [3.05, 3.63) is 59.9 Å². The Morgan fingerprint density at radius 3 is 2.82 bits per heavy atom. The molecule has 0 saturated carbocycles. The third kappa shape index (κ3) is 2.43. The summed E-state index contributed by atoms with van der Waals surface area (Å²) in [5.74, 6) is 0. The Balaban J connectivity index is 2.31. The molecule has 0 aliphatic rings. The number of benzene rings is 1. The fourth-order valence-corrected chi connectivity index (χ4v) is 2.98. The van der Waals surface area contributed by atoms with Crippen LogP contribution in [0, 0.1) is 13.8 Å². The molecule has 0 unspecified atom stereocenters. The van der Waals surface area contributed by atoms with Gasteiger partial charge in [-0.3, -0.25) is 4.98 Å². The lowest BCUT2D eigenvalue weighted by Gasteiger charge is -2.07. The normalized spacial score (nSPS) is 11.6. The van der Waals surface area contributed by atoms with Crippen LogP contribution in [0.15, 0.2) is 48.8 Å². The van der Waals surface area contributed by atoms with E-state index in [9.17, 15) is 0 Å². The molecule has 3 aromatic rings. The minimum absolute atomic E-state index is 0.400. The van der Waals surface area contributed by atoms with Gasteiger partial charge in [0.15, 0.2) is 0 Å². The summed E-state index contributed by atoms with van der Waals surface area (Å²) in [6.45, 7) is 4.68. The van der Waals surface area contributed by atoms with Gasteiger partial charge in [0.05, 0.1) is 11.2 Å². The minimum atomic E-state index is 0.400. The van der Waals surface area contributed by atoms with Crippen LogP contribution in [0.3, 0.4) is 0 Å². The van der Waals surface area contributed by atoms with Gasteiger partial charge in [0.1, 0.15) is 0 Å². The Morgan fingerprint density at radius 1 is 1.23 bits per heavy atom. The van der Waals surface area contributed by atoms with Crippen molar-refractivity contribution in [1.29, 1.82) is 0 Å². The minimum Gasteiger partial charge on any atom is -0.317 e. The molecular formula is C18H19N3O. The van der Waals surface area contributed by atoms with Crippen LogP contribution in [0.1, 0.15) is 11.1 Å². The van der Waals surface area contributed by atoms with Crippen LogP contribution in [-0.2, 0) is 0 Å². The Kier molecular flexibility index (Phi) is 4.04. The number of hydrogen-bond acceptors (Lipinski definition) is 3. The van der Waals surface area contributed by atoms with Gasteiger partial charge >= 0.3 is 0 Å². The van der Waals surface area contributed by atoms with E-state index in [1.807, 2.05) is 24.5 Å². The average Bonchev–Trinajstić information content (AvgIpc) is 2.82. The summed E-state index contributed by atoms with van der Waals surface area (Å²) >= 11 is 0. The number of hydroxylamine groups is 1. The molecule has 0 fully saturated rings. The van der Waals surface area contributed by atoms with E-state index >= 15 is 0 Å². The monoisotopic (exact) mass is 293 g/mol. The standard InChI is InChI=1S/C18H19N3O/c1-13-6-3-8-16-17(13)14(2)18(15-7-4-9-19-12-15)21(16)11-5-10-20-22/h3-9,11-12,20,22H,10H2,1-2H3/b11-5+. The van der Waals surface area contributed by atoms with Gasteiger partial charge in [-0.1, -0.05) is 18.2 Å². The van der Waals surface area contributed by atoms with Gasteiger partial charge in [-0.05, 0) is 43.2 Å². The number of aryl methyl sites for hydroxylation is 2. The maximum absolute atomic E-state index is 8.77. The molecule has 112 valence electrons. The van der Waals surface area contributed by atoms with E-state index in [1.54, 1.807) is 6.20 Å². The Bertz CT molecular complexity index is 819. The van der Waals surface area contributed by atoms with Crippen molar-refractivity contribution in [2.75, 3.05) is 6.54 Å². The van der Waals surface area contributed by atoms with Crippen molar-refractivity contribution < 1.29 is 5.21 Å². The summed E-state index contributed by atoms with van der Waals surface area (Å²) in [5, 5.41) is 10.0. The van der Waals surface area contributed by atoms with Crippen LogP contribution in [0.2, 0.25) is 0 Å². The lowest BCUT2D eigenvalue weighted by Crippen LogP contribution is -2.05. The first-order valence-electron chi connectivity index (χ1n) is 7.28. The highest BCUT2D eigenvalue weighted by Gasteiger charge is 2.15. The smallest absolute Gasteiger partial charge is 0.0579 e. The molecule has 4 heteroatoms. The second kappa shape index (κ2) is 6.13. The van der Waals surface area contributed by atoms with Gasteiger partial charge in [0.25, 0.3) is 0 Å². The third-order valence-electron chi connectivity index (χ3n) is 3.88. The second-order valence-electron chi connectivity index (χ2n) is 5.30. The molecule has 0 spiro atoms. The number of aromatic nitrogens is 2. The summed E-state index contributed by atoms with van der Waals surface area (Å²) in [6, 6.07) is 10.3. The second-order valence-corrected chi connectivity index (χ2v) is 5.30. The van der Waals surface area contributed by atoms with Gasteiger partial charge in [-0.15, -0.1) is 0 Å². The quantitative estimate of drug-likeness (QED) is 0.720. The lowest BCUT2D eigenvalue weighted by atomic mass is 10.0. The predicted molar refractivity (Wildman–Crippen MR) is 89.8 cm³/mol. The molecule has 1 aromatic carbocycles. The van der Waals surface area contributed by atoms with E-state index in [2.05, 4.69) is 53.1 Å². The van der Waals surface area contributed by atoms with E-state index in [-0.39, 0.29) is 0 Å². The largest absolute Gasteiger partial charge is 0.317 e. The van der Waals surface area contributed by atoms with Crippen molar-refractivity contribution in [1.82, 2.24) is 15.0 Å². The first-order chi connectivity index (χ1) is 10.7. The number of fused-ring (bicyclic) bond motifs is 1. The van der Waals surface area contributed by atoms with Gasteiger partial charge in [-0.25, -0.2) is 5.48 Å². The fraction of sp³-hybridized carbons (Fsp3) is 0.167. The molecule has 22 heavy (non-hydrogen) atoms. The SMILES string of the molecule is Cc1cccc2c1c(C)c(-c1cccnc1)n2/C=C/CNO. The maximum atomic E-state index is 8.77. The molecule has 0 amide bonds. The molecule has 0 bridgehead atoms. The molecule has 3 rings (SSSR count). The summed E-state index contributed by atoms with van der Waals surface area (Å²) in [6.07, 6.45) is 7.54. The van der Waals surface area contributed by atoms with Crippen LogP contribution in [0.4, 0.5) is 0 Å². The molecule has 2 heterocycles. The average molecular weight is 293 g/mol. The van der Waals surface area contributed by atoms with Crippen LogP contribution >= 0.6 is 0 Å². The number of nitrogens with zero attached hydrogens (tertiary/aromatic N) is 2. The number of hydrogen-bond donors (Lipinski definition) is 2. The summed E-state index contributed by atoms with van der Waals surface area (Å²) < 4.78 is 2.16. The third-order valence-corrected chi connectivity index (χ3v) is 3.88. The molecule has 0 aliphatic heterocycles. The number of pyridine rings is 1. The van der Waals surface area contributed by atoms with Crippen LogP contribution in [0.25, 0.3) is 28.4 Å². The zero-order valence-corrected chi connectivity index (χ0v) is 12.7. The van der Waals surface area contributed by atoms with Crippen molar-refractivity contribution in [3.63, 3.8) is 0 Å². The molecule has 0 aliphatic carbocycles. The van der Waals surface area contributed by atoms with Gasteiger partial charge in [0.2, 0.25) is 0 Å². The predicted octanol–water partition coefficient (Wildman–Crippen LogP) is 3.77. The highest BCUT2D eigenvalue weighted by Crippen LogP contribution is 2.34. The Morgan fingerprint density at radius 2 is 2.09 bits per heavy atom. The Hall–Kier alpha value is -2.43. The van der Waals surface area contributed by atoms with E-state index in [0.29, 0.717) is 6.54 Å². The molecule has 2 aromatic heterocycles. The molecule has 0 radical (unpaired) electrons. The highest BCUT2D eigenvalue weighted by atomic mass is 16.5. The van der Waals surface area contributed by atoms with Crippen LogP contribution in [0.5, 0.6) is 0 Å². The van der Waals surface area contributed by atoms with E-state index in [0.717, 1.165) is 16.8 Å². The van der Waals surface area contributed by atoms with Gasteiger partial charge < -0.3 is 9.77 Å². The van der Waals surface area contributed by atoms with Crippen molar-refractivity contribution in [2.45, 2.75) is 13.8 Å². The topological polar surface area (TPSA) is 50.1 Å². The van der Waals surface area contributed by atoms with Crippen LogP contribution < -0.4 is 5.48 Å². The lowest BCUT2D eigenvalue weighted by molar-refractivity contribution is 0.180. The molecule has 0 saturated heterocycles. The highest BCUT2D eigenvalue weighted by molar-refractivity contribution is 5.95. The fourth-order valence-electron chi connectivity index (χ4n) is 2.98. The van der Waals surface area contributed by atoms with Gasteiger partial charge in [-0.2, -0.15) is 0 Å². The summed E-state index contributed by atoms with van der Waals surface area (Å²) in [4.78, 5) is 4.24. The van der Waals surface area contributed by atoms with E-state index in [1.165, 1.54) is 16.5 Å².